The molecular weight excluding hydrogens is 246 g/mol. The molecule has 0 aromatic heterocycles. The van der Waals surface area contributed by atoms with Crippen LogP contribution in [-0.4, -0.2) is 32.0 Å². The third-order valence-corrected chi connectivity index (χ3v) is 2.49. The van der Waals surface area contributed by atoms with E-state index in [9.17, 15) is 9.59 Å². The Balaban J connectivity index is 2.59. The second kappa shape index (κ2) is 7.25. The number of carbonyl (C=O) groups excluding carboxylic acids is 2. The summed E-state index contributed by atoms with van der Waals surface area (Å²) in [5.74, 6) is -0.156. The Bertz CT molecular complexity index is 460. The molecule has 0 aliphatic carbocycles. The number of primary amides is 1. The summed E-state index contributed by atoms with van der Waals surface area (Å²) >= 11 is 0. The molecule has 2 amide bonds. The second-order valence-electron chi connectivity index (χ2n) is 4.01. The van der Waals surface area contributed by atoms with Gasteiger partial charge in [-0.15, -0.1) is 0 Å². The fraction of sp³-hybridized carbons (Fsp3) is 0.385. The van der Waals surface area contributed by atoms with Crippen LogP contribution in [0.15, 0.2) is 18.2 Å². The Kier molecular flexibility index (Phi) is 5.66. The molecule has 4 N–H and O–H groups in total. The van der Waals surface area contributed by atoms with E-state index in [1.54, 1.807) is 25.2 Å². The summed E-state index contributed by atoms with van der Waals surface area (Å²) in [6.07, 6.45) is 0.654. The van der Waals surface area contributed by atoms with Crippen LogP contribution in [0.2, 0.25) is 0 Å². The van der Waals surface area contributed by atoms with Crippen LogP contribution in [0.1, 0.15) is 23.7 Å². The molecule has 6 nitrogen and oxygen atoms in total. The molecule has 0 aliphatic rings. The van der Waals surface area contributed by atoms with E-state index in [1.807, 2.05) is 0 Å². The number of anilines is 1. The molecule has 104 valence electrons. The Hall–Kier alpha value is -2.24. The number of benzene rings is 1. The van der Waals surface area contributed by atoms with Gasteiger partial charge in [0, 0.05) is 32.3 Å². The van der Waals surface area contributed by atoms with Gasteiger partial charge in [-0.2, -0.15) is 0 Å². The first-order valence-corrected chi connectivity index (χ1v) is 6.03. The number of hydrogen-bond donors (Lipinski definition) is 3. The molecule has 1 aromatic carbocycles. The highest BCUT2D eigenvalue weighted by molar-refractivity contribution is 5.96. The predicted molar refractivity (Wildman–Crippen MR) is 73.3 cm³/mol. The van der Waals surface area contributed by atoms with Gasteiger partial charge in [0.25, 0.3) is 5.91 Å². The second-order valence-corrected chi connectivity index (χ2v) is 4.01. The van der Waals surface area contributed by atoms with Crippen molar-refractivity contribution in [2.75, 3.05) is 25.5 Å². The molecule has 0 atom stereocenters. The smallest absolute Gasteiger partial charge is 0.252 e. The maximum absolute atomic E-state index is 11.3. The summed E-state index contributed by atoms with van der Waals surface area (Å²) in [6, 6.07) is 5.10. The minimum Gasteiger partial charge on any atom is -0.493 e. The van der Waals surface area contributed by atoms with Crippen LogP contribution < -0.4 is 21.1 Å². The van der Waals surface area contributed by atoms with Gasteiger partial charge in [0.15, 0.2) is 0 Å². The molecule has 0 radical (unpaired) electrons. The van der Waals surface area contributed by atoms with Crippen molar-refractivity contribution >= 4 is 17.5 Å². The summed E-state index contributed by atoms with van der Waals surface area (Å²) in [5, 5.41) is 5.63. The summed E-state index contributed by atoms with van der Waals surface area (Å²) in [7, 11) is 1.78. The van der Waals surface area contributed by atoms with E-state index in [0.29, 0.717) is 30.9 Å². The van der Waals surface area contributed by atoms with Gasteiger partial charge in [-0.25, -0.2) is 0 Å². The minimum atomic E-state index is -0.528. The fourth-order valence-corrected chi connectivity index (χ4v) is 1.52. The average molecular weight is 265 g/mol. The number of nitrogens with two attached hydrogens (primary N) is 1. The number of rotatable bonds is 7. The van der Waals surface area contributed by atoms with Gasteiger partial charge >= 0.3 is 0 Å². The molecule has 0 heterocycles. The van der Waals surface area contributed by atoms with Gasteiger partial charge in [-0.1, -0.05) is 0 Å². The molecule has 0 unspecified atom stereocenters. The van der Waals surface area contributed by atoms with E-state index in [1.165, 1.54) is 6.92 Å². The molecule has 0 saturated carbocycles. The maximum Gasteiger partial charge on any atom is 0.252 e. The van der Waals surface area contributed by atoms with Crippen LogP contribution in [0.4, 0.5) is 5.69 Å². The van der Waals surface area contributed by atoms with Crippen molar-refractivity contribution in [3.8, 4) is 5.75 Å². The van der Waals surface area contributed by atoms with Gasteiger partial charge in [0.2, 0.25) is 5.91 Å². The lowest BCUT2D eigenvalue weighted by molar-refractivity contribution is -0.118. The van der Waals surface area contributed by atoms with Crippen molar-refractivity contribution in [2.45, 2.75) is 13.3 Å². The third-order valence-electron chi connectivity index (χ3n) is 2.49. The van der Waals surface area contributed by atoms with Crippen molar-refractivity contribution < 1.29 is 14.3 Å². The number of amides is 2. The van der Waals surface area contributed by atoms with Gasteiger partial charge < -0.3 is 21.1 Å². The van der Waals surface area contributed by atoms with Crippen molar-refractivity contribution in [2.24, 2.45) is 5.73 Å². The quantitative estimate of drug-likeness (QED) is 0.634. The lowest BCUT2D eigenvalue weighted by Gasteiger charge is -2.11. The molecule has 0 aliphatic heterocycles. The van der Waals surface area contributed by atoms with E-state index in [2.05, 4.69) is 10.6 Å². The van der Waals surface area contributed by atoms with Gasteiger partial charge in [0.1, 0.15) is 5.75 Å². The fourth-order valence-electron chi connectivity index (χ4n) is 1.52. The van der Waals surface area contributed by atoms with Crippen LogP contribution in [0.3, 0.4) is 0 Å². The lowest BCUT2D eigenvalue weighted by Crippen LogP contribution is -2.22. The summed E-state index contributed by atoms with van der Waals surface area (Å²) in [4.78, 5) is 21.9. The highest BCUT2D eigenvalue weighted by atomic mass is 16.5. The van der Waals surface area contributed by atoms with Crippen LogP contribution >= 0.6 is 0 Å². The predicted octanol–water partition coefficient (Wildman–Crippen LogP) is 0.732. The topological polar surface area (TPSA) is 93.4 Å². The Morgan fingerprint density at radius 3 is 2.68 bits per heavy atom. The first-order valence-electron chi connectivity index (χ1n) is 6.03. The van der Waals surface area contributed by atoms with Crippen LogP contribution in [0.25, 0.3) is 0 Å². The van der Waals surface area contributed by atoms with Crippen LogP contribution in [0, 0.1) is 0 Å². The normalized spacial score (nSPS) is 9.79. The molecule has 0 bridgehead atoms. The third kappa shape index (κ3) is 4.87. The zero-order valence-electron chi connectivity index (χ0n) is 11.2. The molecule has 19 heavy (non-hydrogen) atoms. The monoisotopic (exact) mass is 265 g/mol. The standard InChI is InChI=1S/C13H19N3O3/c1-9(17)16-6-3-7-19-12-8-10(15-2)4-5-11(12)13(14)18/h4-5,8,15H,3,6-7H2,1-2H3,(H2,14,18)(H,16,17). The Morgan fingerprint density at radius 2 is 2.11 bits per heavy atom. The number of ether oxygens (including phenoxy) is 1. The summed E-state index contributed by atoms with van der Waals surface area (Å²) < 4.78 is 5.53. The van der Waals surface area contributed by atoms with Crippen molar-refractivity contribution in [3.05, 3.63) is 23.8 Å². The summed E-state index contributed by atoms with van der Waals surface area (Å²) in [6.45, 7) is 2.39. The van der Waals surface area contributed by atoms with Gasteiger partial charge in [-0.05, 0) is 18.6 Å². The van der Waals surface area contributed by atoms with Crippen LogP contribution in [-0.2, 0) is 4.79 Å². The molecule has 1 rings (SSSR count). The zero-order chi connectivity index (χ0) is 14.3. The molecule has 0 saturated heterocycles. The van der Waals surface area contributed by atoms with Gasteiger partial charge in [0.05, 0.1) is 12.2 Å². The molecular formula is C13H19N3O3. The highest BCUT2D eigenvalue weighted by Crippen LogP contribution is 2.23. The maximum atomic E-state index is 11.3. The average Bonchev–Trinajstić information content (AvgIpc) is 2.37. The highest BCUT2D eigenvalue weighted by Gasteiger charge is 2.10. The first-order chi connectivity index (χ1) is 9.04. The summed E-state index contributed by atoms with van der Waals surface area (Å²) in [5.41, 5.74) is 6.46. The lowest BCUT2D eigenvalue weighted by atomic mass is 10.1. The minimum absolute atomic E-state index is 0.0741. The van der Waals surface area contributed by atoms with Crippen molar-refractivity contribution in [1.82, 2.24) is 5.32 Å². The van der Waals surface area contributed by atoms with Gasteiger partial charge in [-0.3, -0.25) is 9.59 Å². The largest absolute Gasteiger partial charge is 0.493 e. The van der Waals surface area contributed by atoms with E-state index in [0.717, 1.165) is 5.69 Å². The molecule has 1 aromatic rings. The van der Waals surface area contributed by atoms with Crippen LogP contribution in [0.5, 0.6) is 5.75 Å². The molecule has 6 heteroatoms. The van der Waals surface area contributed by atoms with E-state index < -0.39 is 5.91 Å². The van der Waals surface area contributed by atoms with Crippen molar-refractivity contribution in [1.29, 1.82) is 0 Å². The zero-order valence-corrected chi connectivity index (χ0v) is 11.2. The Morgan fingerprint density at radius 1 is 1.37 bits per heavy atom. The number of carbonyl (C=O) groups is 2. The first kappa shape index (κ1) is 14.8. The molecule has 0 spiro atoms. The number of hydrogen-bond acceptors (Lipinski definition) is 4. The Labute approximate surface area is 112 Å². The van der Waals surface area contributed by atoms with Crippen molar-refractivity contribution in [3.63, 3.8) is 0 Å². The molecule has 0 fully saturated rings. The van der Waals surface area contributed by atoms with E-state index in [4.69, 9.17) is 10.5 Å². The van der Waals surface area contributed by atoms with E-state index in [-0.39, 0.29) is 5.91 Å². The number of nitrogens with one attached hydrogen (secondary N) is 2. The SMILES string of the molecule is CNc1ccc(C(N)=O)c(OCCCNC(C)=O)c1. The van der Waals surface area contributed by atoms with E-state index >= 15 is 0 Å².